The van der Waals surface area contributed by atoms with Crippen molar-refractivity contribution >= 4 is 33.5 Å². The Balaban J connectivity index is 2.15. The second kappa shape index (κ2) is 6.83. The van der Waals surface area contributed by atoms with E-state index < -0.39 is 5.97 Å². The van der Waals surface area contributed by atoms with Gasteiger partial charge in [-0.05, 0) is 36.4 Å². The van der Waals surface area contributed by atoms with Crippen LogP contribution < -0.4 is 9.47 Å². The molecule has 2 rings (SSSR count). The lowest BCUT2D eigenvalue weighted by molar-refractivity contribution is 0.0697. The van der Waals surface area contributed by atoms with Gasteiger partial charge < -0.3 is 14.6 Å². The summed E-state index contributed by atoms with van der Waals surface area (Å²) < 4.78 is 11.7. The molecule has 0 radical (unpaired) electrons. The molecule has 4 nitrogen and oxygen atoms in total. The van der Waals surface area contributed by atoms with E-state index in [0.717, 1.165) is 15.8 Å². The van der Waals surface area contributed by atoms with E-state index in [4.69, 9.17) is 26.2 Å². The van der Waals surface area contributed by atoms with E-state index >= 15 is 0 Å². The fourth-order valence-electron chi connectivity index (χ4n) is 1.70. The molecule has 2 aromatic carbocycles. The smallest absolute Gasteiger partial charge is 0.335 e. The summed E-state index contributed by atoms with van der Waals surface area (Å²) in [5.74, 6) is 0.125. The van der Waals surface area contributed by atoms with E-state index in [1.807, 2.05) is 18.2 Å². The van der Waals surface area contributed by atoms with Crippen LogP contribution in [0.4, 0.5) is 0 Å². The Hall–Kier alpha value is -1.72. The van der Waals surface area contributed by atoms with E-state index in [1.165, 1.54) is 12.1 Å². The summed E-state index contributed by atoms with van der Waals surface area (Å²) in [4.78, 5) is 10.8. The maximum Gasteiger partial charge on any atom is 0.335 e. The van der Waals surface area contributed by atoms with Gasteiger partial charge in [0.25, 0.3) is 0 Å². The number of benzene rings is 2. The molecule has 0 unspecified atom stereocenters. The zero-order valence-electron chi connectivity index (χ0n) is 11.1. The highest BCUT2D eigenvalue weighted by atomic mass is 79.9. The predicted octanol–water partition coefficient (Wildman–Crippen LogP) is 4.39. The summed E-state index contributed by atoms with van der Waals surface area (Å²) in [6.45, 7) is 0.282. The van der Waals surface area contributed by atoms with Gasteiger partial charge in [0.2, 0.25) is 0 Å². The molecule has 0 saturated heterocycles. The van der Waals surface area contributed by atoms with E-state index in [1.54, 1.807) is 13.2 Å². The van der Waals surface area contributed by atoms with Crippen LogP contribution in [0, 0.1) is 0 Å². The maximum absolute atomic E-state index is 10.8. The van der Waals surface area contributed by atoms with Gasteiger partial charge in [-0.15, -0.1) is 0 Å². The largest absolute Gasteiger partial charge is 0.497 e. The minimum atomic E-state index is -1.03. The lowest BCUT2D eigenvalue weighted by Gasteiger charge is -2.11. The maximum atomic E-state index is 10.8. The van der Waals surface area contributed by atoms with Gasteiger partial charge in [0.15, 0.2) is 0 Å². The highest BCUT2D eigenvalue weighted by Gasteiger charge is 2.09. The van der Waals surface area contributed by atoms with Gasteiger partial charge in [0.1, 0.15) is 18.1 Å². The van der Waals surface area contributed by atoms with Gasteiger partial charge in [-0.25, -0.2) is 4.79 Å². The standard InChI is InChI=1S/C15H12BrClO4/c1-20-11-3-4-12(16)10(6-11)8-21-14-5-2-9(15(18)19)7-13(14)17/h2-7H,8H2,1H3,(H,18,19). The summed E-state index contributed by atoms with van der Waals surface area (Å²) in [5, 5.41) is 9.14. The molecule has 21 heavy (non-hydrogen) atoms. The van der Waals surface area contributed by atoms with Crippen LogP contribution in [0.15, 0.2) is 40.9 Å². The van der Waals surface area contributed by atoms with E-state index in [2.05, 4.69) is 15.9 Å². The lowest BCUT2D eigenvalue weighted by atomic mass is 10.2. The van der Waals surface area contributed by atoms with Crippen molar-refractivity contribution in [2.45, 2.75) is 6.61 Å². The summed E-state index contributed by atoms with van der Waals surface area (Å²) in [5.41, 5.74) is 1.02. The fraction of sp³-hybridized carbons (Fsp3) is 0.133. The summed E-state index contributed by atoms with van der Waals surface area (Å²) in [6, 6.07) is 9.91. The van der Waals surface area contributed by atoms with Gasteiger partial charge in [-0.1, -0.05) is 27.5 Å². The Bertz CT molecular complexity index is 673. The van der Waals surface area contributed by atoms with Crippen LogP contribution >= 0.6 is 27.5 Å². The molecular formula is C15H12BrClO4. The third-order valence-electron chi connectivity index (χ3n) is 2.81. The highest BCUT2D eigenvalue weighted by Crippen LogP contribution is 2.28. The molecule has 0 atom stereocenters. The topological polar surface area (TPSA) is 55.8 Å². The average Bonchev–Trinajstić information content (AvgIpc) is 2.47. The highest BCUT2D eigenvalue weighted by molar-refractivity contribution is 9.10. The molecule has 0 aromatic heterocycles. The quantitative estimate of drug-likeness (QED) is 0.847. The molecule has 0 aliphatic rings. The minimum absolute atomic E-state index is 0.120. The Morgan fingerprint density at radius 1 is 1.29 bits per heavy atom. The molecule has 0 saturated carbocycles. The second-order valence-electron chi connectivity index (χ2n) is 4.20. The first-order chi connectivity index (χ1) is 10.0. The molecule has 0 aliphatic carbocycles. The third kappa shape index (κ3) is 3.89. The van der Waals surface area contributed by atoms with Gasteiger partial charge in [0, 0.05) is 10.0 Å². The number of carbonyl (C=O) groups is 1. The van der Waals surface area contributed by atoms with Crippen LogP contribution in [-0.4, -0.2) is 18.2 Å². The number of aromatic carboxylic acids is 1. The first-order valence-corrected chi connectivity index (χ1v) is 7.16. The Morgan fingerprint density at radius 3 is 2.67 bits per heavy atom. The normalized spacial score (nSPS) is 10.2. The molecule has 110 valence electrons. The van der Waals surface area contributed by atoms with Crippen molar-refractivity contribution in [1.29, 1.82) is 0 Å². The number of hydrogen-bond donors (Lipinski definition) is 1. The number of halogens is 2. The van der Waals surface area contributed by atoms with Crippen LogP contribution in [-0.2, 0) is 6.61 Å². The summed E-state index contributed by atoms with van der Waals surface area (Å²) >= 11 is 9.45. The van der Waals surface area contributed by atoms with Crippen molar-refractivity contribution in [2.75, 3.05) is 7.11 Å². The van der Waals surface area contributed by atoms with E-state index in [9.17, 15) is 4.79 Å². The van der Waals surface area contributed by atoms with Crippen molar-refractivity contribution in [2.24, 2.45) is 0 Å². The fourth-order valence-corrected chi connectivity index (χ4v) is 2.29. The number of carboxylic acids is 1. The van der Waals surface area contributed by atoms with Crippen molar-refractivity contribution in [3.8, 4) is 11.5 Å². The molecule has 0 aliphatic heterocycles. The number of hydrogen-bond acceptors (Lipinski definition) is 3. The zero-order chi connectivity index (χ0) is 15.4. The van der Waals surface area contributed by atoms with Crippen LogP contribution in [0.25, 0.3) is 0 Å². The minimum Gasteiger partial charge on any atom is -0.497 e. The second-order valence-corrected chi connectivity index (χ2v) is 5.46. The molecular weight excluding hydrogens is 360 g/mol. The first-order valence-electron chi connectivity index (χ1n) is 5.99. The van der Waals surface area contributed by atoms with Gasteiger partial charge in [-0.2, -0.15) is 0 Å². The molecule has 0 heterocycles. The lowest BCUT2D eigenvalue weighted by Crippen LogP contribution is -2.00. The molecule has 0 bridgehead atoms. The molecule has 0 spiro atoms. The summed E-state index contributed by atoms with van der Waals surface area (Å²) in [7, 11) is 1.59. The van der Waals surface area contributed by atoms with Crippen LogP contribution in [0.3, 0.4) is 0 Å². The Labute approximate surface area is 135 Å². The molecule has 6 heteroatoms. The molecule has 0 amide bonds. The van der Waals surface area contributed by atoms with Crippen molar-refractivity contribution < 1.29 is 19.4 Å². The van der Waals surface area contributed by atoms with Crippen LogP contribution in [0.5, 0.6) is 11.5 Å². The Morgan fingerprint density at radius 2 is 2.05 bits per heavy atom. The molecule has 2 aromatic rings. The van der Waals surface area contributed by atoms with Crippen molar-refractivity contribution in [3.63, 3.8) is 0 Å². The zero-order valence-corrected chi connectivity index (χ0v) is 13.4. The average molecular weight is 372 g/mol. The van der Waals surface area contributed by atoms with E-state index in [-0.39, 0.29) is 17.2 Å². The van der Waals surface area contributed by atoms with Crippen molar-refractivity contribution in [1.82, 2.24) is 0 Å². The molecule has 1 N–H and O–H groups in total. The van der Waals surface area contributed by atoms with Gasteiger partial charge in [0.05, 0.1) is 17.7 Å². The van der Waals surface area contributed by atoms with Crippen molar-refractivity contribution in [3.05, 3.63) is 57.0 Å². The monoisotopic (exact) mass is 370 g/mol. The van der Waals surface area contributed by atoms with Gasteiger partial charge >= 0.3 is 5.97 Å². The van der Waals surface area contributed by atoms with Crippen LogP contribution in [0.1, 0.15) is 15.9 Å². The first kappa shape index (κ1) is 15.7. The van der Waals surface area contributed by atoms with Gasteiger partial charge in [-0.3, -0.25) is 0 Å². The van der Waals surface area contributed by atoms with E-state index in [0.29, 0.717) is 5.75 Å². The molecule has 0 fully saturated rings. The predicted molar refractivity (Wildman–Crippen MR) is 83.4 cm³/mol. The number of ether oxygens (including phenoxy) is 2. The van der Waals surface area contributed by atoms with Crippen LogP contribution in [0.2, 0.25) is 5.02 Å². The number of methoxy groups -OCH3 is 1. The third-order valence-corrected chi connectivity index (χ3v) is 3.88. The number of rotatable bonds is 5. The SMILES string of the molecule is COc1ccc(Br)c(COc2ccc(C(=O)O)cc2Cl)c1. The Kier molecular flexibility index (Phi) is 5.09. The number of carboxylic acid groups (broad SMARTS) is 1. The summed E-state index contributed by atoms with van der Waals surface area (Å²) in [6.07, 6.45) is 0.